The van der Waals surface area contributed by atoms with Crippen molar-refractivity contribution in [2.45, 2.75) is 23.8 Å². The fourth-order valence-electron chi connectivity index (χ4n) is 6.68. The number of carbonyl (C=O) groups is 4. The van der Waals surface area contributed by atoms with E-state index >= 15 is 0 Å². The lowest BCUT2D eigenvalue weighted by atomic mass is 9.73. The van der Waals surface area contributed by atoms with Crippen molar-refractivity contribution in [3.63, 3.8) is 0 Å². The predicted molar refractivity (Wildman–Crippen MR) is 161 cm³/mol. The van der Waals surface area contributed by atoms with Crippen LogP contribution in [0.3, 0.4) is 0 Å². The molecule has 2 fully saturated rings. The molecule has 11 heteroatoms. The molecule has 2 aliphatic carbocycles. The highest BCUT2D eigenvalue weighted by Crippen LogP contribution is 2.66. The summed E-state index contributed by atoms with van der Waals surface area (Å²) in [5.41, 5.74) is 5.31. The number of ketones is 2. The second kappa shape index (κ2) is 8.56. The molecule has 0 saturated heterocycles. The summed E-state index contributed by atoms with van der Waals surface area (Å²) in [6.07, 6.45) is 3.39. The Kier molecular flexibility index (Phi) is 5.06. The summed E-state index contributed by atoms with van der Waals surface area (Å²) in [7, 11) is 0. The maximum atomic E-state index is 13.6. The van der Waals surface area contributed by atoms with Gasteiger partial charge < -0.3 is 20.4 Å². The number of rotatable bonds is 5. The predicted octanol–water partition coefficient (Wildman–Crippen LogP) is 5.53. The summed E-state index contributed by atoms with van der Waals surface area (Å²) in [6, 6.07) is 13.8. The van der Waals surface area contributed by atoms with E-state index in [1.54, 1.807) is 60.4 Å². The number of hydrogen-bond acceptors (Lipinski definition) is 6. The summed E-state index contributed by atoms with van der Waals surface area (Å²) in [5, 5.41) is 15.3. The van der Waals surface area contributed by atoms with E-state index in [0.29, 0.717) is 33.7 Å². The quantitative estimate of drug-likeness (QED) is 0.155. The molecular formula is C31H23N5O5S. The lowest BCUT2D eigenvalue weighted by Crippen LogP contribution is -2.36. The Morgan fingerprint density at radius 3 is 2.33 bits per heavy atom. The van der Waals surface area contributed by atoms with Crippen molar-refractivity contribution in [2.24, 2.45) is 16.3 Å². The lowest BCUT2D eigenvalue weighted by molar-refractivity contribution is -0.110. The Morgan fingerprint density at radius 2 is 1.64 bits per heavy atom. The van der Waals surface area contributed by atoms with Crippen molar-refractivity contribution in [3.05, 3.63) is 83.3 Å². The van der Waals surface area contributed by atoms with E-state index in [1.807, 2.05) is 12.1 Å². The van der Waals surface area contributed by atoms with E-state index in [9.17, 15) is 19.2 Å². The maximum absolute atomic E-state index is 13.6. The number of thioether (sulfide) groups is 1. The molecule has 2 amide bonds. The van der Waals surface area contributed by atoms with Crippen LogP contribution in [0.2, 0.25) is 0 Å². The third kappa shape index (κ3) is 3.49. The molecule has 4 aliphatic rings. The summed E-state index contributed by atoms with van der Waals surface area (Å²) in [6.45, 7) is 2.11. The number of carboxylic acid groups (broad SMARTS) is 1. The van der Waals surface area contributed by atoms with Gasteiger partial charge in [0.05, 0.1) is 10.9 Å². The summed E-state index contributed by atoms with van der Waals surface area (Å²) < 4.78 is 0. The monoisotopic (exact) mass is 577 g/mol. The number of aromatic nitrogens is 2. The van der Waals surface area contributed by atoms with Gasteiger partial charge in [-0.2, -0.15) is 0 Å². The summed E-state index contributed by atoms with van der Waals surface area (Å²) in [5.74, 6) is -0.0615. The fraction of sp³-hybridized carbons (Fsp3) is 0.194. The van der Waals surface area contributed by atoms with Gasteiger partial charge in [0.1, 0.15) is 11.1 Å². The maximum Gasteiger partial charge on any atom is 0.409 e. The molecule has 4 atom stereocenters. The minimum Gasteiger partial charge on any atom is -0.465 e. The van der Waals surface area contributed by atoms with Crippen molar-refractivity contribution < 1.29 is 24.3 Å². The smallest absolute Gasteiger partial charge is 0.409 e. The molecular weight excluding hydrogens is 554 g/mol. The van der Waals surface area contributed by atoms with Crippen molar-refractivity contribution in [1.29, 1.82) is 0 Å². The molecule has 42 heavy (non-hydrogen) atoms. The van der Waals surface area contributed by atoms with Gasteiger partial charge in [-0.15, -0.1) is 11.8 Å². The number of H-pyrrole nitrogens is 2. The molecule has 5 N–H and O–H groups in total. The van der Waals surface area contributed by atoms with E-state index in [-0.39, 0.29) is 33.9 Å². The second-order valence-corrected chi connectivity index (χ2v) is 12.5. The number of amides is 2. The molecule has 2 aliphatic heterocycles. The third-order valence-electron chi connectivity index (χ3n) is 8.62. The number of anilines is 2. The Labute approximate surface area is 242 Å². The minimum atomic E-state index is -1.16. The number of allylic oxidation sites excluding steroid dienone is 1. The van der Waals surface area contributed by atoms with Crippen LogP contribution in [0.4, 0.5) is 16.2 Å². The van der Waals surface area contributed by atoms with Gasteiger partial charge in [0.15, 0.2) is 11.6 Å². The normalized spacial score (nSPS) is 25.3. The number of Topliss-reactive ketones (excluding diaryl/α,β-unsaturated/α-hetero) is 2. The zero-order valence-corrected chi connectivity index (χ0v) is 23.0. The Hall–Kier alpha value is -4.90. The van der Waals surface area contributed by atoms with E-state index in [1.165, 1.54) is 0 Å². The first-order valence-electron chi connectivity index (χ1n) is 13.5. The van der Waals surface area contributed by atoms with Crippen molar-refractivity contribution in [3.8, 4) is 0 Å². The van der Waals surface area contributed by atoms with E-state index in [0.717, 1.165) is 34.2 Å². The highest BCUT2D eigenvalue weighted by molar-refractivity contribution is 8.01. The summed E-state index contributed by atoms with van der Waals surface area (Å²) >= 11 is 1.61. The fourth-order valence-corrected chi connectivity index (χ4v) is 8.31. The first-order valence-corrected chi connectivity index (χ1v) is 14.5. The van der Waals surface area contributed by atoms with Crippen LogP contribution >= 0.6 is 11.8 Å². The number of nitrogens with one attached hydrogen (secondary N) is 4. The largest absolute Gasteiger partial charge is 0.465 e. The van der Waals surface area contributed by atoms with Gasteiger partial charge in [-0.25, -0.2) is 4.79 Å². The van der Waals surface area contributed by atoms with Gasteiger partial charge >= 0.3 is 6.09 Å². The van der Waals surface area contributed by atoms with Gasteiger partial charge in [0.25, 0.3) is 5.91 Å². The van der Waals surface area contributed by atoms with Crippen molar-refractivity contribution in [2.75, 3.05) is 10.6 Å². The topological polar surface area (TPSA) is 157 Å². The van der Waals surface area contributed by atoms with Gasteiger partial charge in [0, 0.05) is 55.9 Å². The first-order chi connectivity index (χ1) is 20.2. The average Bonchev–Trinajstić information content (AvgIpc) is 3.57. The van der Waals surface area contributed by atoms with Crippen LogP contribution < -0.4 is 10.6 Å². The zero-order valence-electron chi connectivity index (χ0n) is 22.1. The number of aliphatic imine (C=N–C) groups is 1. The molecule has 0 bridgehead atoms. The molecule has 4 aromatic rings. The van der Waals surface area contributed by atoms with E-state index in [2.05, 4.69) is 32.5 Å². The Balaban J connectivity index is 1.01. The van der Waals surface area contributed by atoms with Crippen LogP contribution in [-0.4, -0.2) is 54.9 Å². The average molecular weight is 578 g/mol. The molecule has 1 spiro atoms. The van der Waals surface area contributed by atoms with Gasteiger partial charge in [-0.1, -0.05) is 13.0 Å². The van der Waals surface area contributed by atoms with Crippen molar-refractivity contribution >= 4 is 74.2 Å². The van der Waals surface area contributed by atoms with Crippen LogP contribution in [0.1, 0.15) is 34.3 Å². The number of nitrogens with zero attached hydrogens (tertiary/aromatic N) is 1. The van der Waals surface area contributed by atoms with Gasteiger partial charge in [0.2, 0.25) is 0 Å². The van der Waals surface area contributed by atoms with Crippen LogP contribution in [0.5, 0.6) is 0 Å². The molecule has 10 nitrogen and oxygen atoms in total. The highest BCUT2D eigenvalue weighted by Gasteiger charge is 2.72. The molecule has 2 aromatic carbocycles. The molecule has 208 valence electrons. The molecule has 0 radical (unpaired) electrons. The van der Waals surface area contributed by atoms with E-state index in [4.69, 9.17) is 5.11 Å². The number of fused-ring (bicyclic) bond motifs is 3. The zero-order chi connectivity index (χ0) is 28.9. The van der Waals surface area contributed by atoms with E-state index < -0.39 is 11.5 Å². The minimum absolute atomic E-state index is 0.0438. The molecule has 2 saturated carbocycles. The Morgan fingerprint density at radius 1 is 0.976 bits per heavy atom. The first kappa shape index (κ1) is 24.9. The Bertz CT molecular complexity index is 2030. The lowest BCUT2D eigenvalue weighted by Gasteiger charge is -2.32. The van der Waals surface area contributed by atoms with Crippen LogP contribution in [-0.2, 0) is 4.79 Å². The van der Waals surface area contributed by atoms with Crippen LogP contribution in [0, 0.1) is 11.3 Å². The van der Waals surface area contributed by atoms with Gasteiger partial charge in [-0.3, -0.25) is 24.7 Å². The molecule has 8 rings (SSSR count). The number of hydrogen-bond donors (Lipinski definition) is 5. The van der Waals surface area contributed by atoms with Crippen LogP contribution in [0.15, 0.2) is 76.9 Å². The number of benzene rings is 2. The standard InChI is InChI=1S/C31H23N5O5S/c1-13-6-24-18(31-19(28(31)38)12-32-27(13)31)11-25(42-24)26(37)22-9-14-7-16(2-4-20(14)35-22)33-29(39)23-10-15-8-17(34-30(40)41)3-5-21(15)36-23/h2-5,7-13,24-25,34-36H,6H2,1H3,(H,33,39)(H,40,41)/t13-,24+,25?,31?/m0/s1. The highest BCUT2D eigenvalue weighted by atomic mass is 32.2. The molecule has 2 unspecified atom stereocenters. The molecule has 4 heterocycles. The second-order valence-electron chi connectivity index (χ2n) is 11.2. The van der Waals surface area contributed by atoms with Gasteiger partial charge in [-0.05, 0) is 66.4 Å². The van der Waals surface area contributed by atoms with Crippen molar-refractivity contribution in [1.82, 2.24) is 9.97 Å². The van der Waals surface area contributed by atoms with Crippen LogP contribution in [0.25, 0.3) is 21.8 Å². The summed E-state index contributed by atoms with van der Waals surface area (Å²) in [4.78, 5) is 61.1. The number of aromatic amines is 2. The third-order valence-corrected chi connectivity index (χ3v) is 10.0. The molecule has 2 aromatic heterocycles. The SMILES string of the molecule is C[C@H]1C[C@H]2SC(C(=O)c3cc4cc(NC(=O)c5cc6cc(NC(=O)O)ccc6[nH]5)ccc4[nH]3)C=C2C23C(=O)C2=CN=C13. The number of carbonyl (C=O) groups excluding carboxylic acids is 3.